The molecule has 3 atom stereocenters. The maximum Gasteiger partial charge on any atom is 0.130 e. The maximum absolute atomic E-state index is 13.7. The van der Waals surface area contributed by atoms with Crippen LogP contribution in [0.1, 0.15) is 51.1 Å². The van der Waals surface area contributed by atoms with E-state index in [-0.39, 0.29) is 11.6 Å². The molecule has 1 aliphatic rings. The third-order valence-electron chi connectivity index (χ3n) is 4.08. The van der Waals surface area contributed by atoms with E-state index in [1.807, 2.05) is 6.92 Å². The van der Waals surface area contributed by atoms with Crippen LogP contribution in [0.5, 0.6) is 0 Å². The predicted molar refractivity (Wildman–Crippen MR) is 69.3 cm³/mol. The van der Waals surface area contributed by atoms with Crippen molar-refractivity contribution in [1.82, 2.24) is 5.32 Å². The molecule has 1 N–H and O–H groups in total. The lowest BCUT2D eigenvalue weighted by molar-refractivity contribution is 0.350. The maximum atomic E-state index is 13.7. The number of nitrogens with one attached hydrogen (secondary N) is 1. The summed E-state index contributed by atoms with van der Waals surface area (Å²) in [5, 5.41) is 3.40. The van der Waals surface area contributed by atoms with Gasteiger partial charge >= 0.3 is 0 Å². The Kier molecular flexibility index (Phi) is 4.33. The van der Waals surface area contributed by atoms with E-state index < -0.39 is 11.6 Å². The number of rotatable bonds is 4. The van der Waals surface area contributed by atoms with E-state index in [1.165, 1.54) is 31.0 Å². The van der Waals surface area contributed by atoms with Crippen molar-refractivity contribution in [2.45, 2.75) is 51.6 Å². The van der Waals surface area contributed by atoms with Gasteiger partial charge in [-0.3, -0.25) is 0 Å². The molecule has 0 bridgehead atoms. The standard InChI is InChI=1S/C15H21F2N/c1-3-11-6-4-9-14(11)18-10(2)15-12(16)7-5-8-13(15)17/h5,7-8,10-11,14,18H,3-4,6,9H2,1-2H3. The number of halogens is 2. The molecule has 0 aliphatic heterocycles. The van der Waals surface area contributed by atoms with E-state index in [0.29, 0.717) is 12.0 Å². The summed E-state index contributed by atoms with van der Waals surface area (Å²) in [5.74, 6) is -0.274. The van der Waals surface area contributed by atoms with Gasteiger partial charge in [0.2, 0.25) is 0 Å². The first-order chi connectivity index (χ1) is 8.63. The molecule has 1 aromatic carbocycles. The highest BCUT2D eigenvalue weighted by Gasteiger charge is 2.28. The van der Waals surface area contributed by atoms with Crippen LogP contribution in [0.4, 0.5) is 8.78 Å². The second-order valence-electron chi connectivity index (χ2n) is 5.23. The Morgan fingerprint density at radius 2 is 1.94 bits per heavy atom. The Balaban J connectivity index is 2.10. The average molecular weight is 253 g/mol. The van der Waals surface area contributed by atoms with Crippen molar-refractivity contribution in [2.75, 3.05) is 0 Å². The fraction of sp³-hybridized carbons (Fsp3) is 0.600. The van der Waals surface area contributed by atoms with Crippen LogP contribution in [0.25, 0.3) is 0 Å². The van der Waals surface area contributed by atoms with Gasteiger partial charge in [-0.15, -0.1) is 0 Å². The summed E-state index contributed by atoms with van der Waals surface area (Å²) in [6.07, 6.45) is 4.67. The molecule has 100 valence electrons. The molecule has 1 saturated carbocycles. The molecule has 1 nitrogen and oxygen atoms in total. The van der Waals surface area contributed by atoms with Gasteiger partial charge in [0.15, 0.2) is 0 Å². The minimum atomic E-state index is -0.457. The molecular formula is C15H21F2N. The molecule has 18 heavy (non-hydrogen) atoms. The van der Waals surface area contributed by atoms with Gasteiger partial charge in [-0.05, 0) is 37.8 Å². The fourth-order valence-corrected chi connectivity index (χ4v) is 3.07. The molecule has 0 radical (unpaired) electrons. The van der Waals surface area contributed by atoms with Crippen molar-refractivity contribution < 1.29 is 8.78 Å². The molecule has 1 aromatic rings. The van der Waals surface area contributed by atoms with Crippen molar-refractivity contribution in [3.05, 3.63) is 35.4 Å². The second-order valence-corrected chi connectivity index (χ2v) is 5.23. The summed E-state index contributed by atoms with van der Waals surface area (Å²) in [4.78, 5) is 0. The van der Waals surface area contributed by atoms with Gasteiger partial charge in [-0.2, -0.15) is 0 Å². The fourth-order valence-electron chi connectivity index (χ4n) is 3.07. The first-order valence-electron chi connectivity index (χ1n) is 6.83. The van der Waals surface area contributed by atoms with E-state index in [0.717, 1.165) is 12.8 Å². The van der Waals surface area contributed by atoms with Gasteiger partial charge in [0, 0.05) is 17.6 Å². The van der Waals surface area contributed by atoms with Crippen molar-refractivity contribution >= 4 is 0 Å². The second kappa shape index (κ2) is 5.79. The zero-order chi connectivity index (χ0) is 13.1. The Hall–Kier alpha value is -0.960. The highest BCUT2D eigenvalue weighted by Crippen LogP contribution is 2.31. The smallest absolute Gasteiger partial charge is 0.130 e. The van der Waals surface area contributed by atoms with Crippen LogP contribution in [0.2, 0.25) is 0 Å². The minimum absolute atomic E-state index is 0.166. The van der Waals surface area contributed by atoms with E-state index >= 15 is 0 Å². The van der Waals surface area contributed by atoms with Gasteiger partial charge in [-0.25, -0.2) is 8.78 Å². The lowest BCUT2D eigenvalue weighted by Gasteiger charge is -2.25. The third-order valence-corrected chi connectivity index (χ3v) is 4.08. The SMILES string of the molecule is CCC1CCCC1NC(C)c1c(F)cccc1F. The van der Waals surface area contributed by atoms with Crippen LogP contribution in [0, 0.1) is 17.6 Å². The summed E-state index contributed by atoms with van der Waals surface area (Å²) in [5.41, 5.74) is 0.166. The molecule has 3 unspecified atom stereocenters. The normalized spacial score (nSPS) is 25.3. The lowest BCUT2D eigenvalue weighted by atomic mass is 9.98. The summed E-state index contributed by atoms with van der Waals surface area (Å²) >= 11 is 0. The summed E-state index contributed by atoms with van der Waals surface area (Å²) in [6.45, 7) is 4.02. The van der Waals surface area contributed by atoms with Gasteiger partial charge in [-0.1, -0.05) is 25.8 Å². The van der Waals surface area contributed by atoms with Crippen LogP contribution in [0.15, 0.2) is 18.2 Å². The molecule has 0 amide bonds. The molecule has 1 aliphatic carbocycles. The van der Waals surface area contributed by atoms with E-state index in [1.54, 1.807) is 0 Å². The molecule has 0 saturated heterocycles. The molecule has 0 heterocycles. The van der Waals surface area contributed by atoms with Gasteiger partial charge in [0.25, 0.3) is 0 Å². The van der Waals surface area contributed by atoms with E-state index in [9.17, 15) is 8.78 Å². The number of benzene rings is 1. The zero-order valence-electron chi connectivity index (χ0n) is 11.0. The average Bonchev–Trinajstić information content (AvgIpc) is 2.76. The first-order valence-corrected chi connectivity index (χ1v) is 6.83. The van der Waals surface area contributed by atoms with Crippen LogP contribution >= 0.6 is 0 Å². The first kappa shape index (κ1) is 13.5. The Bertz CT molecular complexity index is 385. The topological polar surface area (TPSA) is 12.0 Å². The monoisotopic (exact) mass is 253 g/mol. The van der Waals surface area contributed by atoms with E-state index in [2.05, 4.69) is 12.2 Å². The summed E-state index contributed by atoms with van der Waals surface area (Å²) < 4.78 is 27.3. The van der Waals surface area contributed by atoms with Gasteiger partial charge in [0.1, 0.15) is 11.6 Å². The van der Waals surface area contributed by atoms with Crippen molar-refractivity contribution in [3.63, 3.8) is 0 Å². The quantitative estimate of drug-likeness (QED) is 0.848. The minimum Gasteiger partial charge on any atom is -0.307 e. The summed E-state index contributed by atoms with van der Waals surface area (Å²) in [7, 11) is 0. The highest BCUT2D eigenvalue weighted by molar-refractivity contribution is 5.23. The number of hydrogen-bond acceptors (Lipinski definition) is 1. The molecule has 0 aromatic heterocycles. The largest absolute Gasteiger partial charge is 0.307 e. The van der Waals surface area contributed by atoms with E-state index in [4.69, 9.17) is 0 Å². The molecular weight excluding hydrogens is 232 g/mol. The van der Waals surface area contributed by atoms with Crippen LogP contribution in [0.3, 0.4) is 0 Å². The zero-order valence-corrected chi connectivity index (χ0v) is 11.0. The molecule has 0 spiro atoms. The highest BCUT2D eigenvalue weighted by atomic mass is 19.1. The lowest BCUT2D eigenvalue weighted by Crippen LogP contribution is -2.35. The Labute approximate surface area is 108 Å². The van der Waals surface area contributed by atoms with Crippen molar-refractivity contribution in [2.24, 2.45) is 5.92 Å². The van der Waals surface area contributed by atoms with Crippen molar-refractivity contribution in [3.8, 4) is 0 Å². The Morgan fingerprint density at radius 3 is 2.56 bits per heavy atom. The van der Waals surface area contributed by atoms with Crippen LogP contribution in [-0.4, -0.2) is 6.04 Å². The predicted octanol–water partition coefficient (Wildman–Crippen LogP) is 4.19. The van der Waals surface area contributed by atoms with Gasteiger partial charge < -0.3 is 5.32 Å². The molecule has 3 heteroatoms. The Morgan fingerprint density at radius 1 is 1.28 bits per heavy atom. The summed E-state index contributed by atoms with van der Waals surface area (Å²) in [6, 6.07) is 4.17. The van der Waals surface area contributed by atoms with Crippen LogP contribution < -0.4 is 5.32 Å². The van der Waals surface area contributed by atoms with Gasteiger partial charge in [0.05, 0.1) is 0 Å². The van der Waals surface area contributed by atoms with Crippen LogP contribution in [-0.2, 0) is 0 Å². The van der Waals surface area contributed by atoms with Crippen molar-refractivity contribution in [1.29, 1.82) is 0 Å². The molecule has 1 fully saturated rings. The number of hydrogen-bond donors (Lipinski definition) is 1. The molecule has 2 rings (SSSR count). The third kappa shape index (κ3) is 2.72.